The summed E-state index contributed by atoms with van der Waals surface area (Å²) in [6.45, 7) is 2.20. The number of hydrogen-bond acceptors (Lipinski definition) is 3. The summed E-state index contributed by atoms with van der Waals surface area (Å²) in [5.74, 6) is 0. The van der Waals surface area contributed by atoms with Crippen LogP contribution in [0.1, 0.15) is 12.5 Å². The number of hydrogen-bond donors (Lipinski definition) is 1. The van der Waals surface area contributed by atoms with Crippen LogP contribution in [-0.4, -0.2) is 6.26 Å². The maximum atomic E-state index is 4.62. The van der Waals surface area contributed by atoms with Crippen LogP contribution in [0.5, 0.6) is 0 Å². The molecule has 14 heavy (non-hydrogen) atoms. The van der Waals surface area contributed by atoms with Crippen LogP contribution >= 0.6 is 35.7 Å². The summed E-state index contributed by atoms with van der Waals surface area (Å²) >= 11 is 8.20. The third-order valence-corrected chi connectivity index (χ3v) is 4.70. The number of thioether (sulfide) groups is 1. The van der Waals surface area contributed by atoms with E-state index in [1.807, 2.05) is 0 Å². The largest absolute Gasteiger partial charge is 0.144 e. The fourth-order valence-corrected chi connectivity index (χ4v) is 3.93. The topological polar surface area (TPSA) is 0 Å². The van der Waals surface area contributed by atoms with Crippen LogP contribution in [0.3, 0.4) is 0 Å². The Balaban J connectivity index is 2.79. The smallest absolute Gasteiger partial charge is 0.0357 e. The Kier molecular flexibility index (Phi) is 3.10. The molecule has 0 atom stereocenters. The molecule has 2 rings (SSSR count). The first kappa shape index (κ1) is 10.4. The normalized spacial score (nSPS) is 11.1. The summed E-state index contributed by atoms with van der Waals surface area (Å²) in [7, 11) is 0. The maximum Gasteiger partial charge on any atom is 0.0357 e. The van der Waals surface area contributed by atoms with Crippen LogP contribution in [0.2, 0.25) is 0 Å². The molecular weight excluding hydrogens is 228 g/mol. The SMILES string of the molecule is CCc1cc2sccc2c(S)c1SC. The number of fused-ring (bicyclic) bond motifs is 1. The van der Waals surface area contributed by atoms with Crippen molar-refractivity contribution in [3.05, 3.63) is 23.1 Å². The van der Waals surface area contributed by atoms with Crippen molar-refractivity contribution in [3.63, 3.8) is 0 Å². The first-order valence-electron chi connectivity index (χ1n) is 4.54. The minimum atomic E-state index is 1.08. The lowest BCUT2D eigenvalue weighted by Crippen LogP contribution is -1.86. The molecule has 0 aliphatic carbocycles. The predicted molar refractivity (Wildman–Crippen MR) is 70.2 cm³/mol. The molecule has 0 aliphatic heterocycles. The highest BCUT2D eigenvalue weighted by molar-refractivity contribution is 7.99. The summed E-state index contributed by atoms with van der Waals surface area (Å²) < 4.78 is 1.35. The number of thiophene rings is 1. The van der Waals surface area contributed by atoms with Crippen LogP contribution in [0.25, 0.3) is 10.1 Å². The van der Waals surface area contributed by atoms with Gasteiger partial charge in [-0.3, -0.25) is 0 Å². The quantitative estimate of drug-likeness (QED) is 0.597. The molecular formula is C11H12S3. The fourth-order valence-electron chi connectivity index (χ4n) is 1.62. The molecule has 0 saturated carbocycles. The van der Waals surface area contributed by atoms with Gasteiger partial charge >= 0.3 is 0 Å². The minimum absolute atomic E-state index is 1.08. The van der Waals surface area contributed by atoms with E-state index in [2.05, 4.69) is 43.3 Å². The van der Waals surface area contributed by atoms with E-state index in [1.165, 1.54) is 20.5 Å². The van der Waals surface area contributed by atoms with E-state index in [4.69, 9.17) is 0 Å². The number of thiol groups is 1. The second kappa shape index (κ2) is 4.17. The molecule has 0 amide bonds. The van der Waals surface area contributed by atoms with Crippen LogP contribution < -0.4 is 0 Å². The van der Waals surface area contributed by atoms with Gasteiger partial charge in [0.05, 0.1) is 0 Å². The summed E-state index contributed by atoms with van der Waals surface area (Å²) in [6, 6.07) is 4.45. The van der Waals surface area contributed by atoms with Gasteiger partial charge in [0.25, 0.3) is 0 Å². The van der Waals surface area contributed by atoms with Crippen molar-refractivity contribution in [2.75, 3.05) is 6.26 Å². The maximum absolute atomic E-state index is 4.62. The Morgan fingerprint density at radius 3 is 2.93 bits per heavy atom. The highest BCUT2D eigenvalue weighted by Crippen LogP contribution is 2.37. The molecule has 0 radical (unpaired) electrons. The molecule has 0 spiro atoms. The first-order chi connectivity index (χ1) is 6.77. The van der Waals surface area contributed by atoms with Gasteiger partial charge in [-0.05, 0) is 35.8 Å². The Morgan fingerprint density at radius 1 is 1.50 bits per heavy atom. The molecule has 1 aromatic carbocycles. The van der Waals surface area contributed by atoms with Gasteiger partial charge in [-0.1, -0.05) is 6.92 Å². The highest BCUT2D eigenvalue weighted by Gasteiger charge is 2.09. The van der Waals surface area contributed by atoms with Crippen molar-refractivity contribution in [1.29, 1.82) is 0 Å². The molecule has 0 nitrogen and oxygen atoms in total. The Labute approximate surface area is 98.1 Å². The van der Waals surface area contributed by atoms with Crippen molar-refractivity contribution < 1.29 is 0 Å². The van der Waals surface area contributed by atoms with E-state index in [1.54, 1.807) is 23.1 Å². The number of benzene rings is 1. The van der Waals surface area contributed by atoms with Crippen molar-refractivity contribution in [2.24, 2.45) is 0 Å². The first-order valence-corrected chi connectivity index (χ1v) is 7.09. The van der Waals surface area contributed by atoms with Crippen LogP contribution in [0, 0.1) is 0 Å². The summed E-state index contributed by atoms with van der Waals surface area (Å²) in [6.07, 6.45) is 3.20. The minimum Gasteiger partial charge on any atom is -0.144 e. The lowest BCUT2D eigenvalue weighted by atomic mass is 10.1. The van der Waals surface area contributed by atoms with Gasteiger partial charge in [-0.25, -0.2) is 0 Å². The van der Waals surface area contributed by atoms with E-state index in [9.17, 15) is 0 Å². The van der Waals surface area contributed by atoms with Crippen molar-refractivity contribution in [2.45, 2.75) is 23.1 Å². The molecule has 0 N–H and O–H groups in total. The average Bonchev–Trinajstić information content (AvgIpc) is 2.65. The molecule has 2 aromatic rings. The third kappa shape index (κ3) is 1.58. The zero-order chi connectivity index (χ0) is 10.1. The van der Waals surface area contributed by atoms with Gasteiger partial charge < -0.3 is 0 Å². The second-order valence-electron chi connectivity index (χ2n) is 3.10. The monoisotopic (exact) mass is 240 g/mol. The van der Waals surface area contributed by atoms with Crippen LogP contribution in [-0.2, 0) is 6.42 Å². The zero-order valence-electron chi connectivity index (χ0n) is 8.20. The van der Waals surface area contributed by atoms with Crippen LogP contribution in [0.4, 0.5) is 0 Å². The molecule has 1 aromatic heterocycles. The van der Waals surface area contributed by atoms with E-state index in [0.29, 0.717) is 0 Å². The van der Waals surface area contributed by atoms with Crippen molar-refractivity contribution >= 4 is 45.8 Å². The van der Waals surface area contributed by atoms with E-state index in [0.717, 1.165) is 11.3 Å². The summed E-state index contributed by atoms with van der Waals surface area (Å²) in [4.78, 5) is 2.48. The number of rotatable bonds is 2. The predicted octanol–water partition coefficient (Wildman–Crippen LogP) is 4.47. The van der Waals surface area contributed by atoms with Gasteiger partial charge in [0.1, 0.15) is 0 Å². The third-order valence-electron chi connectivity index (χ3n) is 2.35. The van der Waals surface area contributed by atoms with Crippen molar-refractivity contribution in [1.82, 2.24) is 0 Å². The second-order valence-corrected chi connectivity index (χ2v) is 5.31. The molecule has 0 unspecified atom stereocenters. The van der Waals surface area contributed by atoms with Crippen LogP contribution in [0.15, 0.2) is 27.3 Å². The zero-order valence-corrected chi connectivity index (χ0v) is 10.7. The highest BCUT2D eigenvalue weighted by atomic mass is 32.2. The Bertz CT molecular complexity index is 457. The molecule has 0 fully saturated rings. The van der Waals surface area contributed by atoms with Gasteiger partial charge in [-0.15, -0.1) is 35.7 Å². The number of aryl methyl sites for hydroxylation is 1. The lowest BCUT2D eigenvalue weighted by molar-refractivity contribution is 1.06. The Hall–Kier alpha value is -0.120. The van der Waals surface area contributed by atoms with Gasteiger partial charge in [0, 0.05) is 19.9 Å². The van der Waals surface area contributed by atoms with E-state index >= 15 is 0 Å². The molecule has 1 heterocycles. The van der Waals surface area contributed by atoms with E-state index in [-0.39, 0.29) is 0 Å². The molecule has 0 bridgehead atoms. The fraction of sp³-hybridized carbons (Fsp3) is 0.273. The van der Waals surface area contributed by atoms with Gasteiger partial charge in [0.15, 0.2) is 0 Å². The van der Waals surface area contributed by atoms with Gasteiger partial charge in [0.2, 0.25) is 0 Å². The molecule has 3 heteroatoms. The lowest BCUT2D eigenvalue weighted by Gasteiger charge is -2.09. The van der Waals surface area contributed by atoms with Crippen molar-refractivity contribution in [3.8, 4) is 0 Å². The molecule has 0 saturated heterocycles. The average molecular weight is 240 g/mol. The standard InChI is InChI=1S/C11H12S3/c1-3-7-6-9-8(4-5-14-9)10(12)11(7)13-2/h4-6,12H,3H2,1-2H3. The Morgan fingerprint density at radius 2 is 2.29 bits per heavy atom. The molecule has 74 valence electrons. The summed E-state index contributed by atoms with van der Waals surface area (Å²) in [5.41, 5.74) is 1.41. The summed E-state index contributed by atoms with van der Waals surface area (Å²) in [5, 5.41) is 3.42. The molecule has 0 aliphatic rings. The van der Waals surface area contributed by atoms with E-state index < -0.39 is 0 Å². The van der Waals surface area contributed by atoms with Gasteiger partial charge in [-0.2, -0.15) is 0 Å².